The van der Waals surface area contributed by atoms with Gasteiger partial charge in [0.05, 0.1) is 5.54 Å². The highest BCUT2D eigenvalue weighted by Crippen LogP contribution is 2.27. The van der Waals surface area contributed by atoms with Crippen molar-refractivity contribution in [3.8, 4) is 5.82 Å². The van der Waals surface area contributed by atoms with E-state index in [1.807, 2.05) is 22.9 Å². The Morgan fingerprint density at radius 1 is 1.30 bits per heavy atom. The molecule has 2 aromatic rings. The monoisotopic (exact) mass is 357 g/mol. The van der Waals surface area contributed by atoms with Gasteiger partial charge in [-0.25, -0.2) is 9.97 Å². The molecule has 0 aliphatic heterocycles. The molecular formula is C15H21Cl2N5O. The van der Waals surface area contributed by atoms with Crippen LogP contribution >= 0.6 is 24.8 Å². The van der Waals surface area contributed by atoms with Crippen molar-refractivity contribution in [1.29, 1.82) is 0 Å². The molecule has 2 aromatic heterocycles. The topological polar surface area (TPSA) is 85.8 Å². The highest BCUT2D eigenvalue weighted by molar-refractivity contribution is 5.86. The predicted molar refractivity (Wildman–Crippen MR) is 93.1 cm³/mol. The van der Waals surface area contributed by atoms with Crippen molar-refractivity contribution < 1.29 is 4.79 Å². The maximum Gasteiger partial charge on any atom is 0.240 e. The van der Waals surface area contributed by atoms with Crippen molar-refractivity contribution in [3.63, 3.8) is 0 Å². The molecule has 0 saturated heterocycles. The molecule has 1 saturated carbocycles. The summed E-state index contributed by atoms with van der Waals surface area (Å²) in [5.74, 6) is 0.702. The minimum absolute atomic E-state index is 0. The maximum absolute atomic E-state index is 12.3. The number of hydrogen-bond donors (Lipinski definition) is 2. The Hall–Kier alpha value is -1.63. The van der Waals surface area contributed by atoms with Crippen molar-refractivity contribution in [3.05, 3.63) is 42.6 Å². The normalized spacial score (nSPS) is 15.3. The molecule has 0 spiro atoms. The third-order valence-electron chi connectivity index (χ3n) is 4.00. The lowest BCUT2D eigenvalue weighted by Crippen LogP contribution is -2.51. The van der Waals surface area contributed by atoms with Crippen LogP contribution < -0.4 is 11.1 Å². The van der Waals surface area contributed by atoms with Crippen molar-refractivity contribution in [1.82, 2.24) is 19.9 Å². The largest absolute Gasteiger partial charge is 0.350 e. The molecule has 0 radical (unpaired) electrons. The van der Waals surface area contributed by atoms with Gasteiger partial charge in [0, 0.05) is 30.7 Å². The van der Waals surface area contributed by atoms with Gasteiger partial charge in [0.25, 0.3) is 0 Å². The highest BCUT2D eigenvalue weighted by Gasteiger charge is 2.36. The average molecular weight is 358 g/mol. The second-order valence-corrected chi connectivity index (χ2v) is 5.50. The van der Waals surface area contributed by atoms with E-state index in [-0.39, 0.29) is 30.7 Å². The Balaban J connectivity index is 0.00000132. The van der Waals surface area contributed by atoms with Gasteiger partial charge < -0.3 is 11.1 Å². The maximum atomic E-state index is 12.3. The van der Waals surface area contributed by atoms with Gasteiger partial charge >= 0.3 is 0 Å². The minimum atomic E-state index is -0.697. The number of carbonyl (C=O) groups is 1. The van der Waals surface area contributed by atoms with Gasteiger partial charge in [-0.1, -0.05) is 18.9 Å². The molecule has 1 amide bonds. The number of carbonyl (C=O) groups excluding carboxylic acids is 1. The minimum Gasteiger partial charge on any atom is -0.350 e. The van der Waals surface area contributed by atoms with Gasteiger partial charge in [0.15, 0.2) is 0 Å². The quantitative estimate of drug-likeness (QED) is 0.875. The Bertz CT molecular complexity index is 627. The summed E-state index contributed by atoms with van der Waals surface area (Å²) in [4.78, 5) is 20.6. The van der Waals surface area contributed by atoms with E-state index in [2.05, 4.69) is 15.3 Å². The van der Waals surface area contributed by atoms with E-state index in [0.29, 0.717) is 6.54 Å². The van der Waals surface area contributed by atoms with Crippen molar-refractivity contribution in [2.75, 3.05) is 0 Å². The molecule has 3 N–H and O–H groups in total. The van der Waals surface area contributed by atoms with Gasteiger partial charge in [-0.2, -0.15) is 0 Å². The SMILES string of the molecule is Cl.Cl.NC1(C(=O)NCc2cccnc2-n2ccnc2)CCCC1. The third kappa shape index (κ3) is 4.22. The van der Waals surface area contributed by atoms with Crippen LogP contribution in [0.2, 0.25) is 0 Å². The molecule has 1 aliphatic rings. The number of hydrogen-bond acceptors (Lipinski definition) is 4. The molecule has 6 nitrogen and oxygen atoms in total. The molecule has 1 aliphatic carbocycles. The number of amides is 1. The summed E-state index contributed by atoms with van der Waals surface area (Å²) in [6.07, 6.45) is 10.5. The lowest BCUT2D eigenvalue weighted by atomic mass is 9.98. The van der Waals surface area contributed by atoms with Crippen LogP contribution in [0.5, 0.6) is 0 Å². The molecule has 8 heteroatoms. The van der Waals surface area contributed by atoms with Crippen LogP contribution in [0.25, 0.3) is 5.82 Å². The molecule has 0 aromatic carbocycles. The van der Waals surface area contributed by atoms with E-state index in [9.17, 15) is 4.79 Å². The van der Waals surface area contributed by atoms with Crippen molar-refractivity contribution in [2.24, 2.45) is 5.73 Å². The predicted octanol–water partition coefficient (Wildman–Crippen LogP) is 2.00. The first-order valence-electron chi connectivity index (χ1n) is 7.18. The average Bonchev–Trinajstić information content (AvgIpc) is 3.17. The van der Waals surface area contributed by atoms with Crippen LogP contribution in [0.1, 0.15) is 31.2 Å². The Kier molecular flexibility index (Phi) is 7.00. The van der Waals surface area contributed by atoms with Gasteiger partial charge in [-0.3, -0.25) is 9.36 Å². The molecule has 1 fully saturated rings. The zero-order valence-corrected chi connectivity index (χ0v) is 14.3. The van der Waals surface area contributed by atoms with E-state index in [0.717, 1.165) is 37.1 Å². The highest BCUT2D eigenvalue weighted by atomic mass is 35.5. The third-order valence-corrected chi connectivity index (χ3v) is 4.00. The fraction of sp³-hybridized carbons (Fsp3) is 0.400. The summed E-state index contributed by atoms with van der Waals surface area (Å²) in [5, 5.41) is 2.95. The van der Waals surface area contributed by atoms with Crippen LogP contribution in [0.3, 0.4) is 0 Å². The van der Waals surface area contributed by atoms with Crippen LogP contribution in [-0.4, -0.2) is 26.0 Å². The Morgan fingerprint density at radius 3 is 2.70 bits per heavy atom. The molecule has 0 bridgehead atoms. The summed E-state index contributed by atoms with van der Waals surface area (Å²) in [6, 6.07) is 3.80. The van der Waals surface area contributed by atoms with Crippen LogP contribution in [0, 0.1) is 0 Å². The number of aromatic nitrogens is 3. The number of halogens is 2. The number of nitrogens with one attached hydrogen (secondary N) is 1. The lowest BCUT2D eigenvalue weighted by molar-refractivity contribution is -0.126. The van der Waals surface area contributed by atoms with Crippen molar-refractivity contribution in [2.45, 2.75) is 37.8 Å². The van der Waals surface area contributed by atoms with E-state index in [4.69, 9.17) is 5.73 Å². The van der Waals surface area contributed by atoms with Gasteiger partial charge in [-0.05, 0) is 18.9 Å². The van der Waals surface area contributed by atoms with E-state index < -0.39 is 5.54 Å². The first-order valence-corrected chi connectivity index (χ1v) is 7.18. The number of imidazole rings is 1. The fourth-order valence-electron chi connectivity index (χ4n) is 2.77. The van der Waals surface area contributed by atoms with E-state index in [1.165, 1.54) is 0 Å². The second-order valence-electron chi connectivity index (χ2n) is 5.50. The number of nitrogens with zero attached hydrogens (tertiary/aromatic N) is 3. The molecule has 23 heavy (non-hydrogen) atoms. The second kappa shape index (κ2) is 8.29. The Morgan fingerprint density at radius 2 is 2.04 bits per heavy atom. The lowest BCUT2D eigenvalue weighted by Gasteiger charge is -2.22. The van der Waals surface area contributed by atoms with Gasteiger partial charge in [0.1, 0.15) is 12.1 Å². The summed E-state index contributed by atoms with van der Waals surface area (Å²) >= 11 is 0. The van der Waals surface area contributed by atoms with Crippen LogP contribution in [0.15, 0.2) is 37.1 Å². The molecule has 2 heterocycles. The Labute approximate surface area is 147 Å². The first-order chi connectivity index (χ1) is 10.2. The number of nitrogens with two attached hydrogens (primary N) is 1. The fourth-order valence-corrected chi connectivity index (χ4v) is 2.77. The molecular weight excluding hydrogens is 337 g/mol. The summed E-state index contributed by atoms with van der Waals surface area (Å²) in [5.41, 5.74) is 6.40. The van der Waals surface area contributed by atoms with E-state index >= 15 is 0 Å². The molecule has 126 valence electrons. The molecule has 3 rings (SSSR count). The smallest absolute Gasteiger partial charge is 0.240 e. The first kappa shape index (κ1) is 19.4. The zero-order valence-electron chi connectivity index (χ0n) is 12.6. The number of pyridine rings is 1. The van der Waals surface area contributed by atoms with Crippen LogP contribution in [0.4, 0.5) is 0 Å². The zero-order chi connectivity index (χ0) is 14.7. The molecule has 0 unspecified atom stereocenters. The standard InChI is InChI=1S/C15H19N5O.2ClH/c16-15(5-1-2-6-15)14(21)19-10-12-4-3-7-18-13(12)20-9-8-17-11-20;;/h3-4,7-9,11H,1-2,5-6,10,16H2,(H,19,21);2*1H. The molecule has 0 atom stereocenters. The van der Waals surface area contributed by atoms with Gasteiger partial charge in [-0.15, -0.1) is 24.8 Å². The van der Waals surface area contributed by atoms with Crippen molar-refractivity contribution >= 4 is 30.7 Å². The number of rotatable bonds is 4. The summed E-state index contributed by atoms with van der Waals surface area (Å²) in [7, 11) is 0. The van der Waals surface area contributed by atoms with Crippen LogP contribution in [-0.2, 0) is 11.3 Å². The summed E-state index contributed by atoms with van der Waals surface area (Å²) in [6.45, 7) is 0.416. The summed E-state index contributed by atoms with van der Waals surface area (Å²) < 4.78 is 1.83. The van der Waals surface area contributed by atoms with E-state index in [1.54, 1.807) is 18.7 Å². The van der Waals surface area contributed by atoms with Gasteiger partial charge in [0.2, 0.25) is 5.91 Å².